The summed E-state index contributed by atoms with van der Waals surface area (Å²) in [5.74, 6) is 0. The minimum Gasteiger partial charge on any atom is -0.320 e. The summed E-state index contributed by atoms with van der Waals surface area (Å²) in [6.07, 6.45) is -1.25. The van der Waals surface area contributed by atoms with Gasteiger partial charge < -0.3 is 5.32 Å². The molecular formula is C8H16F3NO. The monoisotopic (exact) mass is 199 g/mol. The summed E-state index contributed by atoms with van der Waals surface area (Å²) >= 11 is 0. The number of unbranched alkanes of at least 4 members (excludes halogenated alkanes) is 3. The quantitative estimate of drug-likeness (QED) is 0.635. The van der Waals surface area contributed by atoms with Crippen molar-refractivity contribution in [3.05, 3.63) is 0 Å². The predicted molar refractivity (Wildman–Crippen MR) is 44.4 cm³/mol. The number of alkyl halides is 3. The van der Waals surface area contributed by atoms with Crippen LogP contribution in [0, 0.1) is 0 Å². The lowest BCUT2D eigenvalue weighted by molar-refractivity contribution is -0.324. The summed E-state index contributed by atoms with van der Waals surface area (Å²) in [7, 11) is 1.85. The topological polar surface area (TPSA) is 21.3 Å². The van der Waals surface area contributed by atoms with E-state index in [-0.39, 0.29) is 6.61 Å². The van der Waals surface area contributed by atoms with Crippen molar-refractivity contribution in [3.8, 4) is 0 Å². The standard InChI is InChI=1S/C8H16F3NO/c1-12-6-4-2-3-5-7-13-8(9,10)11/h12H,2-7H2,1H3. The van der Waals surface area contributed by atoms with E-state index in [0.717, 1.165) is 25.8 Å². The van der Waals surface area contributed by atoms with Crippen LogP contribution in [0.15, 0.2) is 0 Å². The van der Waals surface area contributed by atoms with E-state index in [0.29, 0.717) is 6.42 Å². The van der Waals surface area contributed by atoms with Crippen molar-refractivity contribution < 1.29 is 17.9 Å². The van der Waals surface area contributed by atoms with E-state index < -0.39 is 6.36 Å². The second-order valence-electron chi connectivity index (χ2n) is 2.81. The fourth-order valence-corrected chi connectivity index (χ4v) is 0.945. The third-order valence-electron chi connectivity index (χ3n) is 1.59. The summed E-state index contributed by atoms with van der Waals surface area (Å²) in [4.78, 5) is 0. The zero-order chi connectivity index (χ0) is 10.2. The van der Waals surface area contributed by atoms with Crippen molar-refractivity contribution in [1.82, 2.24) is 5.32 Å². The van der Waals surface area contributed by atoms with E-state index in [1.165, 1.54) is 0 Å². The summed E-state index contributed by atoms with van der Waals surface area (Å²) in [5, 5.41) is 2.97. The van der Waals surface area contributed by atoms with Gasteiger partial charge in [0.05, 0.1) is 6.61 Å². The van der Waals surface area contributed by atoms with Crippen molar-refractivity contribution in [2.45, 2.75) is 32.0 Å². The van der Waals surface area contributed by atoms with Crippen LogP contribution in [0.3, 0.4) is 0 Å². The van der Waals surface area contributed by atoms with Crippen molar-refractivity contribution >= 4 is 0 Å². The molecule has 0 aliphatic heterocycles. The molecule has 0 unspecified atom stereocenters. The summed E-state index contributed by atoms with van der Waals surface area (Å²) in [6, 6.07) is 0. The normalized spacial score (nSPS) is 12.0. The zero-order valence-electron chi connectivity index (χ0n) is 7.78. The van der Waals surface area contributed by atoms with Gasteiger partial charge in [-0.05, 0) is 26.4 Å². The average Bonchev–Trinajstić information content (AvgIpc) is 2.01. The van der Waals surface area contributed by atoms with Crippen molar-refractivity contribution in [2.75, 3.05) is 20.2 Å². The second-order valence-corrected chi connectivity index (χ2v) is 2.81. The molecule has 13 heavy (non-hydrogen) atoms. The predicted octanol–water partition coefficient (Wildman–Crippen LogP) is 2.30. The lowest BCUT2D eigenvalue weighted by atomic mass is 10.2. The fourth-order valence-electron chi connectivity index (χ4n) is 0.945. The molecule has 0 aliphatic carbocycles. The second kappa shape index (κ2) is 7.15. The van der Waals surface area contributed by atoms with Crippen LogP contribution in [0.1, 0.15) is 25.7 Å². The summed E-state index contributed by atoms with van der Waals surface area (Å²) in [6.45, 7) is 0.698. The minimum atomic E-state index is -4.47. The minimum absolute atomic E-state index is 0.219. The third kappa shape index (κ3) is 11.7. The first-order valence-electron chi connectivity index (χ1n) is 4.41. The van der Waals surface area contributed by atoms with Gasteiger partial charge in [0.2, 0.25) is 0 Å². The Hall–Kier alpha value is -0.290. The Kier molecular flexibility index (Phi) is 6.99. The molecule has 80 valence electrons. The van der Waals surface area contributed by atoms with Gasteiger partial charge in [-0.25, -0.2) is 0 Å². The molecule has 0 amide bonds. The molecule has 0 saturated carbocycles. The fraction of sp³-hybridized carbons (Fsp3) is 1.00. The van der Waals surface area contributed by atoms with Crippen molar-refractivity contribution in [2.24, 2.45) is 0 Å². The molecule has 1 N–H and O–H groups in total. The maximum absolute atomic E-state index is 11.5. The third-order valence-corrected chi connectivity index (χ3v) is 1.59. The SMILES string of the molecule is CNCCCCCCOC(F)(F)F. The van der Waals surface area contributed by atoms with E-state index >= 15 is 0 Å². The first kappa shape index (κ1) is 12.7. The largest absolute Gasteiger partial charge is 0.522 e. The number of nitrogens with one attached hydrogen (secondary N) is 1. The van der Waals surface area contributed by atoms with Gasteiger partial charge in [0, 0.05) is 0 Å². The van der Waals surface area contributed by atoms with Gasteiger partial charge in [-0.15, -0.1) is 13.2 Å². The molecule has 0 radical (unpaired) electrons. The smallest absolute Gasteiger partial charge is 0.320 e. The Morgan fingerprint density at radius 2 is 1.69 bits per heavy atom. The van der Waals surface area contributed by atoms with Crippen LogP contribution in [-0.2, 0) is 4.74 Å². The van der Waals surface area contributed by atoms with Gasteiger partial charge in [0.15, 0.2) is 0 Å². The molecule has 0 rings (SSSR count). The lowest BCUT2D eigenvalue weighted by Gasteiger charge is -2.06. The van der Waals surface area contributed by atoms with E-state index in [1.807, 2.05) is 7.05 Å². The Morgan fingerprint density at radius 1 is 1.08 bits per heavy atom. The van der Waals surface area contributed by atoms with Gasteiger partial charge in [-0.3, -0.25) is 4.74 Å². The van der Waals surface area contributed by atoms with E-state index in [4.69, 9.17) is 0 Å². The van der Waals surface area contributed by atoms with E-state index in [1.54, 1.807) is 0 Å². The molecule has 0 heterocycles. The number of rotatable bonds is 7. The first-order valence-corrected chi connectivity index (χ1v) is 4.41. The van der Waals surface area contributed by atoms with E-state index in [2.05, 4.69) is 10.1 Å². The highest BCUT2D eigenvalue weighted by molar-refractivity contribution is 4.45. The molecule has 0 spiro atoms. The van der Waals surface area contributed by atoms with Crippen LogP contribution in [0.5, 0.6) is 0 Å². The molecule has 0 atom stereocenters. The molecule has 2 nitrogen and oxygen atoms in total. The molecule has 0 aromatic rings. The summed E-state index contributed by atoms with van der Waals surface area (Å²) < 4.78 is 38.0. The van der Waals surface area contributed by atoms with Crippen LogP contribution < -0.4 is 5.32 Å². The van der Waals surface area contributed by atoms with E-state index in [9.17, 15) is 13.2 Å². The van der Waals surface area contributed by atoms with Gasteiger partial charge in [0.1, 0.15) is 0 Å². The Bertz CT molecular complexity index is 116. The number of hydrogen-bond acceptors (Lipinski definition) is 2. The Labute approximate surface area is 76.5 Å². The molecule has 0 fully saturated rings. The molecule has 0 bridgehead atoms. The molecule has 0 aliphatic rings. The molecule has 0 aromatic heterocycles. The van der Waals surface area contributed by atoms with Gasteiger partial charge in [0.25, 0.3) is 0 Å². The Morgan fingerprint density at radius 3 is 2.23 bits per heavy atom. The van der Waals surface area contributed by atoms with Crippen molar-refractivity contribution in [1.29, 1.82) is 0 Å². The van der Waals surface area contributed by atoms with Crippen LogP contribution in [0.2, 0.25) is 0 Å². The van der Waals surface area contributed by atoms with Crippen LogP contribution in [0.25, 0.3) is 0 Å². The van der Waals surface area contributed by atoms with Gasteiger partial charge >= 0.3 is 6.36 Å². The first-order chi connectivity index (χ1) is 6.06. The Balaban J connectivity index is 3.00. The average molecular weight is 199 g/mol. The van der Waals surface area contributed by atoms with Crippen LogP contribution >= 0.6 is 0 Å². The van der Waals surface area contributed by atoms with Crippen LogP contribution in [-0.4, -0.2) is 26.6 Å². The zero-order valence-corrected chi connectivity index (χ0v) is 7.78. The maximum atomic E-state index is 11.5. The number of hydrogen-bond donors (Lipinski definition) is 1. The van der Waals surface area contributed by atoms with Gasteiger partial charge in [-0.1, -0.05) is 12.8 Å². The highest BCUT2D eigenvalue weighted by atomic mass is 19.4. The highest BCUT2D eigenvalue weighted by Gasteiger charge is 2.28. The van der Waals surface area contributed by atoms with Gasteiger partial charge in [-0.2, -0.15) is 0 Å². The number of halogens is 3. The lowest BCUT2D eigenvalue weighted by Crippen LogP contribution is -2.14. The molecular weight excluding hydrogens is 183 g/mol. The molecule has 0 saturated heterocycles. The number of ether oxygens (including phenoxy) is 1. The summed E-state index contributed by atoms with van der Waals surface area (Å²) in [5.41, 5.74) is 0. The van der Waals surface area contributed by atoms with Crippen LogP contribution in [0.4, 0.5) is 13.2 Å². The highest BCUT2D eigenvalue weighted by Crippen LogP contribution is 2.16. The maximum Gasteiger partial charge on any atom is 0.522 e. The molecule has 5 heteroatoms. The molecule has 0 aromatic carbocycles. The van der Waals surface area contributed by atoms with Crippen molar-refractivity contribution in [3.63, 3.8) is 0 Å².